The van der Waals surface area contributed by atoms with Crippen molar-refractivity contribution in [2.24, 2.45) is 0 Å². The summed E-state index contributed by atoms with van der Waals surface area (Å²) in [5.74, 6) is 0. The molecular formula is C13H8N2. The van der Waals surface area contributed by atoms with E-state index in [9.17, 15) is 0 Å². The van der Waals surface area contributed by atoms with Crippen LogP contribution in [0.4, 0.5) is 5.69 Å². The zero-order valence-electron chi connectivity index (χ0n) is 8.07. The van der Waals surface area contributed by atoms with Crippen molar-refractivity contribution in [3.05, 3.63) is 59.2 Å². The summed E-state index contributed by atoms with van der Waals surface area (Å²) in [7, 11) is 0. The van der Waals surface area contributed by atoms with E-state index in [0.29, 0.717) is 5.69 Å². The van der Waals surface area contributed by atoms with Gasteiger partial charge in [-0.15, -0.1) is 0 Å². The summed E-state index contributed by atoms with van der Waals surface area (Å²) in [4.78, 5) is 7.80. The molecule has 2 aromatic rings. The number of rotatable bonds is 0. The molecule has 0 spiro atoms. The molecule has 0 N–H and O–H groups in total. The van der Waals surface area contributed by atoms with E-state index < -0.39 is 0 Å². The summed E-state index contributed by atoms with van der Waals surface area (Å²) >= 11 is 0. The topological polar surface area (TPSA) is 17.2 Å². The fourth-order valence-corrected chi connectivity index (χ4v) is 2.04. The Bertz CT molecular complexity index is 579. The number of hydrogen-bond acceptors (Lipinski definition) is 1. The van der Waals surface area contributed by atoms with Crippen LogP contribution in [0.25, 0.3) is 16.0 Å². The number of hydrogen-bond donors (Lipinski definition) is 0. The second-order valence-corrected chi connectivity index (χ2v) is 3.63. The zero-order chi connectivity index (χ0) is 10.3. The van der Waals surface area contributed by atoms with Gasteiger partial charge in [-0.05, 0) is 23.3 Å². The van der Waals surface area contributed by atoms with Crippen LogP contribution in [-0.4, -0.2) is 4.98 Å². The third-order valence-corrected chi connectivity index (χ3v) is 2.76. The molecule has 0 saturated carbocycles. The Morgan fingerprint density at radius 1 is 1.20 bits per heavy atom. The van der Waals surface area contributed by atoms with Crippen LogP contribution in [0.1, 0.15) is 11.3 Å². The Morgan fingerprint density at radius 3 is 3.00 bits per heavy atom. The van der Waals surface area contributed by atoms with E-state index in [1.807, 2.05) is 30.5 Å². The van der Waals surface area contributed by atoms with E-state index in [1.54, 1.807) is 0 Å². The Kier molecular flexibility index (Phi) is 1.60. The van der Waals surface area contributed by atoms with E-state index in [0.717, 1.165) is 12.1 Å². The van der Waals surface area contributed by atoms with Gasteiger partial charge in [0, 0.05) is 18.2 Å². The minimum atomic E-state index is 0.699. The predicted molar refractivity (Wildman–Crippen MR) is 58.7 cm³/mol. The van der Waals surface area contributed by atoms with Crippen molar-refractivity contribution in [1.82, 2.24) is 4.98 Å². The molecule has 0 radical (unpaired) electrons. The third-order valence-electron chi connectivity index (χ3n) is 2.76. The first-order chi connectivity index (χ1) is 7.38. The lowest BCUT2D eigenvalue weighted by molar-refractivity contribution is 1.12. The van der Waals surface area contributed by atoms with E-state index in [2.05, 4.69) is 15.9 Å². The Morgan fingerprint density at radius 2 is 2.13 bits per heavy atom. The van der Waals surface area contributed by atoms with Gasteiger partial charge >= 0.3 is 0 Å². The van der Waals surface area contributed by atoms with Crippen LogP contribution in [0.2, 0.25) is 0 Å². The molecule has 0 fully saturated rings. The first kappa shape index (κ1) is 8.19. The Labute approximate surface area is 88.0 Å². The Balaban J connectivity index is 2.27. The first-order valence-electron chi connectivity index (χ1n) is 4.83. The summed E-state index contributed by atoms with van der Waals surface area (Å²) in [6.07, 6.45) is 2.71. The zero-order valence-corrected chi connectivity index (χ0v) is 8.07. The van der Waals surface area contributed by atoms with Crippen molar-refractivity contribution in [2.45, 2.75) is 6.42 Å². The normalized spacial score (nSPS) is 11.7. The van der Waals surface area contributed by atoms with Gasteiger partial charge in [-0.25, -0.2) is 4.85 Å². The van der Waals surface area contributed by atoms with E-state index in [1.165, 1.54) is 16.7 Å². The predicted octanol–water partition coefficient (Wildman–Crippen LogP) is 3.20. The smallest absolute Gasteiger partial charge is 0.187 e. The average molecular weight is 192 g/mol. The summed E-state index contributed by atoms with van der Waals surface area (Å²) in [6.45, 7) is 7.00. The van der Waals surface area contributed by atoms with E-state index in [-0.39, 0.29) is 0 Å². The largest absolute Gasteiger partial charge is 0.260 e. The van der Waals surface area contributed by atoms with Gasteiger partial charge in [-0.3, -0.25) is 4.98 Å². The minimum Gasteiger partial charge on any atom is -0.260 e. The number of pyridine rings is 1. The van der Waals surface area contributed by atoms with Crippen molar-refractivity contribution < 1.29 is 0 Å². The van der Waals surface area contributed by atoms with Gasteiger partial charge in [0.15, 0.2) is 5.69 Å². The van der Waals surface area contributed by atoms with Gasteiger partial charge < -0.3 is 0 Å². The summed E-state index contributed by atoms with van der Waals surface area (Å²) < 4.78 is 0. The molecule has 1 aliphatic rings. The lowest BCUT2D eigenvalue weighted by Gasteiger charge is -1.99. The lowest BCUT2D eigenvalue weighted by atomic mass is 10.1. The third kappa shape index (κ3) is 1.14. The number of aromatic nitrogens is 1. The molecule has 15 heavy (non-hydrogen) atoms. The number of nitrogens with zero attached hydrogens (tertiary/aromatic N) is 2. The average Bonchev–Trinajstić information content (AvgIpc) is 2.66. The fourth-order valence-electron chi connectivity index (χ4n) is 2.04. The molecule has 2 heteroatoms. The van der Waals surface area contributed by atoms with E-state index in [4.69, 9.17) is 6.57 Å². The van der Waals surface area contributed by atoms with Crippen molar-refractivity contribution in [3.63, 3.8) is 0 Å². The van der Waals surface area contributed by atoms with Crippen molar-refractivity contribution in [2.75, 3.05) is 0 Å². The van der Waals surface area contributed by atoms with Crippen LogP contribution < -0.4 is 0 Å². The van der Waals surface area contributed by atoms with Gasteiger partial charge in [0.25, 0.3) is 0 Å². The monoisotopic (exact) mass is 192 g/mol. The first-order valence-corrected chi connectivity index (χ1v) is 4.83. The highest BCUT2D eigenvalue weighted by Gasteiger charge is 2.18. The maximum Gasteiger partial charge on any atom is 0.187 e. The minimum absolute atomic E-state index is 0.699. The standard InChI is InChI=1S/C13H8N2/c1-14-10-5-4-9-7-13-11(12(9)8-10)3-2-6-15-13/h2-6,8H,7H2. The van der Waals surface area contributed by atoms with Gasteiger partial charge in [0.05, 0.1) is 12.3 Å². The van der Waals surface area contributed by atoms with Gasteiger partial charge in [-0.2, -0.15) is 0 Å². The molecule has 0 saturated heterocycles. The molecular weight excluding hydrogens is 184 g/mol. The van der Waals surface area contributed by atoms with Crippen LogP contribution >= 0.6 is 0 Å². The second-order valence-electron chi connectivity index (χ2n) is 3.63. The summed E-state index contributed by atoms with van der Waals surface area (Å²) in [5.41, 5.74) is 5.45. The molecule has 1 aromatic heterocycles. The molecule has 1 aliphatic carbocycles. The molecule has 0 amide bonds. The molecule has 0 bridgehead atoms. The van der Waals surface area contributed by atoms with Gasteiger partial charge in [0.1, 0.15) is 0 Å². The Hall–Kier alpha value is -2.14. The molecule has 0 atom stereocenters. The molecule has 0 aliphatic heterocycles. The molecule has 2 nitrogen and oxygen atoms in total. The molecule has 0 unspecified atom stereocenters. The SMILES string of the molecule is [C-]#[N+]c1ccc2c(c1)-c1cccnc1C2. The number of benzene rings is 1. The highest BCUT2D eigenvalue weighted by atomic mass is 14.7. The lowest BCUT2D eigenvalue weighted by Crippen LogP contribution is -1.83. The van der Waals surface area contributed by atoms with Crippen molar-refractivity contribution in [1.29, 1.82) is 0 Å². The van der Waals surface area contributed by atoms with Gasteiger partial charge in [-0.1, -0.05) is 18.2 Å². The highest BCUT2D eigenvalue weighted by molar-refractivity contribution is 5.78. The molecule has 3 rings (SSSR count). The van der Waals surface area contributed by atoms with Gasteiger partial charge in [0.2, 0.25) is 0 Å². The second kappa shape index (κ2) is 2.93. The van der Waals surface area contributed by atoms with Crippen molar-refractivity contribution >= 4 is 5.69 Å². The van der Waals surface area contributed by atoms with Crippen LogP contribution in [0, 0.1) is 6.57 Å². The van der Waals surface area contributed by atoms with Crippen LogP contribution in [0.15, 0.2) is 36.5 Å². The van der Waals surface area contributed by atoms with Crippen LogP contribution in [0.5, 0.6) is 0 Å². The summed E-state index contributed by atoms with van der Waals surface area (Å²) in [5, 5.41) is 0. The summed E-state index contributed by atoms with van der Waals surface area (Å²) in [6, 6.07) is 9.87. The van der Waals surface area contributed by atoms with Crippen LogP contribution in [0.3, 0.4) is 0 Å². The molecule has 1 heterocycles. The number of fused-ring (bicyclic) bond motifs is 3. The van der Waals surface area contributed by atoms with E-state index >= 15 is 0 Å². The van der Waals surface area contributed by atoms with Crippen LogP contribution in [-0.2, 0) is 6.42 Å². The van der Waals surface area contributed by atoms with Crippen molar-refractivity contribution in [3.8, 4) is 11.1 Å². The fraction of sp³-hybridized carbons (Fsp3) is 0.0769. The maximum absolute atomic E-state index is 7.00. The quantitative estimate of drug-likeness (QED) is 0.500. The highest BCUT2D eigenvalue weighted by Crippen LogP contribution is 2.37. The molecule has 1 aromatic carbocycles. The molecule has 70 valence electrons. The maximum atomic E-state index is 7.00.